The Bertz CT molecular complexity index is 159. The van der Waals surface area contributed by atoms with E-state index in [1.807, 2.05) is 13.8 Å². The van der Waals surface area contributed by atoms with Gasteiger partial charge in [0, 0.05) is 33.3 Å². The highest BCUT2D eigenvalue weighted by atomic mass is 16.5. The molecule has 5 heteroatoms. The minimum Gasteiger partial charge on any atom is -0.396 e. The number of carbonyl (C=O) groups excluding carboxylic acids is 1. The molecule has 0 aliphatic carbocycles. The monoisotopic (exact) mass is 323 g/mol. The van der Waals surface area contributed by atoms with Crippen molar-refractivity contribution >= 4 is 6.29 Å². The van der Waals surface area contributed by atoms with Crippen molar-refractivity contribution in [2.45, 2.75) is 60.3 Å². The van der Waals surface area contributed by atoms with Crippen LogP contribution in [-0.4, -0.2) is 50.0 Å². The third-order valence-electron chi connectivity index (χ3n) is 2.11. The molecule has 0 aromatic heterocycles. The summed E-state index contributed by atoms with van der Waals surface area (Å²) in [5.41, 5.74) is 4.78. The van der Waals surface area contributed by atoms with Crippen molar-refractivity contribution in [3.63, 3.8) is 0 Å². The van der Waals surface area contributed by atoms with Crippen molar-refractivity contribution in [1.29, 1.82) is 0 Å². The largest absolute Gasteiger partial charge is 0.396 e. The summed E-state index contributed by atoms with van der Waals surface area (Å²) >= 11 is 0. The van der Waals surface area contributed by atoms with E-state index >= 15 is 0 Å². The highest BCUT2D eigenvalue weighted by molar-refractivity contribution is 5.49. The SMILES string of the molecule is CC(C)CC=O.CC(C)CCO.CCCCOC.NCCO. The summed E-state index contributed by atoms with van der Waals surface area (Å²) in [7, 11) is 1.73. The van der Waals surface area contributed by atoms with Crippen LogP contribution in [0.1, 0.15) is 60.3 Å². The van der Waals surface area contributed by atoms with Crippen molar-refractivity contribution in [1.82, 2.24) is 0 Å². The van der Waals surface area contributed by atoms with E-state index in [0.717, 1.165) is 19.3 Å². The number of carbonyl (C=O) groups is 1. The van der Waals surface area contributed by atoms with Gasteiger partial charge in [0.05, 0.1) is 6.61 Å². The van der Waals surface area contributed by atoms with Gasteiger partial charge in [-0.15, -0.1) is 0 Å². The van der Waals surface area contributed by atoms with Crippen molar-refractivity contribution in [3.05, 3.63) is 0 Å². The molecule has 0 aromatic carbocycles. The normalized spacial score (nSPS) is 9.05. The van der Waals surface area contributed by atoms with E-state index in [0.29, 0.717) is 31.4 Å². The molecule has 0 unspecified atom stereocenters. The van der Waals surface area contributed by atoms with E-state index in [9.17, 15) is 4.79 Å². The minimum absolute atomic E-state index is 0.0972. The van der Waals surface area contributed by atoms with Gasteiger partial charge >= 0.3 is 0 Å². The predicted molar refractivity (Wildman–Crippen MR) is 95.0 cm³/mol. The average molecular weight is 324 g/mol. The Morgan fingerprint density at radius 1 is 1.09 bits per heavy atom. The third-order valence-corrected chi connectivity index (χ3v) is 2.11. The molecule has 0 aliphatic rings. The quantitative estimate of drug-likeness (QED) is 0.472. The first-order valence-electron chi connectivity index (χ1n) is 8.21. The maximum atomic E-state index is 9.62. The van der Waals surface area contributed by atoms with Gasteiger partial charge in [0.2, 0.25) is 0 Å². The summed E-state index contributed by atoms with van der Waals surface area (Å²) in [4.78, 5) is 9.62. The molecule has 22 heavy (non-hydrogen) atoms. The van der Waals surface area contributed by atoms with Crippen LogP contribution in [0.4, 0.5) is 0 Å². The van der Waals surface area contributed by atoms with E-state index in [1.54, 1.807) is 7.11 Å². The predicted octanol–water partition coefficient (Wildman–Crippen LogP) is 2.63. The van der Waals surface area contributed by atoms with Gasteiger partial charge in [0.15, 0.2) is 0 Å². The maximum Gasteiger partial charge on any atom is 0.120 e. The topological polar surface area (TPSA) is 92.8 Å². The molecule has 0 heterocycles. The number of aliphatic hydroxyl groups excluding tert-OH is 2. The molecule has 0 aromatic rings. The van der Waals surface area contributed by atoms with Gasteiger partial charge in [-0.3, -0.25) is 0 Å². The van der Waals surface area contributed by atoms with Crippen LogP contribution in [0.5, 0.6) is 0 Å². The van der Waals surface area contributed by atoms with E-state index < -0.39 is 0 Å². The van der Waals surface area contributed by atoms with Crippen LogP contribution < -0.4 is 5.73 Å². The fourth-order valence-corrected chi connectivity index (χ4v) is 0.739. The number of unbranched alkanes of at least 4 members (excludes halogenated alkanes) is 1. The zero-order valence-corrected chi connectivity index (χ0v) is 15.7. The zero-order chi connectivity index (χ0) is 18.2. The Morgan fingerprint density at radius 3 is 1.64 bits per heavy atom. The molecule has 0 spiro atoms. The summed E-state index contributed by atoms with van der Waals surface area (Å²) in [6, 6.07) is 0. The fourth-order valence-electron chi connectivity index (χ4n) is 0.739. The summed E-state index contributed by atoms with van der Waals surface area (Å²) < 4.78 is 4.78. The molecule has 138 valence electrons. The number of rotatable bonds is 8. The number of methoxy groups -OCH3 is 1. The van der Waals surface area contributed by atoms with Crippen molar-refractivity contribution in [2.75, 3.05) is 33.5 Å². The second kappa shape index (κ2) is 32.5. The van der Waals surface area contributed by atoms with Gasteiger partial charge in [0.25, 0.3) is 0 Å². The van der Waals surface area contributed by atoms with E-state index in [4.69, 9.17) is 20.7 Å². The van der Waals surface area contributed by atoms with Crippen LogP contribution in [-0.2, 0) is 9.53 Å². The van der Waals surface area contributed by atoms with Gasteiger partial charge < -0.3 is 25.5 Å². The molecule has 0 radical (unpaired) electrons. The molecule has 0 amide bonds. The van der Waals surface area contributed by atoms with Gasteiger partial charge in [-0.05, 0) is 24.7 Å². The number of aldehydes is 1. The molecule has 0 atom stereocenters. The zero-order valence-electron chi connectivity index (χ0n) is 15.7. The Hall–Kier alpha value is -0.490. The smallest absolute Gasteiger partial charge is 0.120 e. The molecule has 5 nitrogen and oxygen atoms in total. The number of aliphatic hydroxyl groups is 2. The molecule has 0 bridgehead atoms. The van der Waals surface area contributed by atoms with E-state index in [2.05, 4.69) is 20.8 Å². The molecule has 0 saturated heterocycles. The summed E-state index contributed by atoms with van der Waals surface area (Å²) in [5, 5.41) is 16.0. The lowest BCUT2D eigenvalue weighted by molar-refractivity contribution is -0.108. The highest BCUT2D eigenvalue weighted by Gasteiger charge is 1.86. The van der Waals surface area contributed by atoms with Crippen molar-refractivity contribution in [2.24, 2.45) is 17.6 Å². The molecule has 0 rings (SSSR count). The number of hydrogen-bond acceptors (Lipinski definition) is 5. The molecule has 0 saturated carbocycles. The lowest BCUT2D eigenvalue weighted by Crippen LogP contribution is -2.02. The summed E-state index contributed by atoms with van der Waals surface area (Å²) in [6.07, 6.45) is 5.00. The van der Waals surface area contributed by atoms with E-state index in [1.165, 1.54) is 12.8 Å². The van der Waals surface area contributed by atoms with Crippen LogP contribution in [0.25, 0.3) is 0 Å². The first-order valence-corrected chi connectivity index (χ1v) is 8.21. The molecule has 4 N–H and O–H groups in total. The highest BCUT2D eigenvalue weighted by Crippen LogP contribution is 1.94. The summed E-state index contributed by atoms with van der Waals surface area (Å²) in [6.45, 7) is 12.1. The minimum atomic E-state index is 0.0972. The maximum absolute atomic E-state index is 9.62. The van der Waals surface area contributed by atoms with Crippen LogP contribution in [0.15, 0.2) is 0 Å². The van der Waals surface area contributed by atoms with Crippen molar-refractivity contribution in [3.8, 4) is 0 Å². The lowest BCUT2D eigenvalue weighted by atomic mass is 10.2. The molecule has 0 fully saturated rings. The van der Waals surface area contributed by atoms with E-state index in [-0.39, 0.29) is 6.61 Å². The van der Waals surface area contributed by atoms with Gasteiger partial charge in [-0.25, -0.2) is 0 Å². The van der Waals surface area contributed by atoms with Gasteiger partial charge in [-0.1, -0.05) is 41.0 Å². The second-order valence-corrected chi connectivity index (χ2v) is 5.56. The summed E-state index contributed by atoms with van der Waals surface area (Å²) in [5.74, 6) is 1.18. The molecular weight excluding hydrogens is 282 g/mol. The Labute approximate surface area is 138 Å². The number of hydrogen-bond donors (Lipinski definition) is 3. The van der Waals surface area contributed by atoms with Crippen LogP contribution in [0.2, 0.25) is 0 Å². The number of ether oxygens (including phenoxy) is 1. The van der Waals surface area contributed by atoms with Gasteiger partial charge in [-0.2, -0.15) is 0 Å². The Balaban J connectivity index is -0.0000000994. The fraction of sp³-hybridized carbons (Fsp3) is 0.941. The molecular formula is C17H41NO4. The molecule has 0 aliphatic heterocycles. The van der Waals surface area contributed by atoms with Crippen LogP contribution >= 0.6 is 0 Å². The van der Waals surface area contributed by atoms with Crippen LogP contribution in [0.3, 0.4) is 0 Å². The standard InChI is InChI=1S/C5H12O.C5H10O.C5H12O.C2H7NO/c2*1-5(2)3-4-6;1-3-4-5-6-2;3-1-2-4/h5-6H,3-4H2,1-2H3;4-5H,3H2,1-2H3;3-5H2,1-2H3;4H,1-3H2. The lowest BCUT2D eigenvalue weighted by Gasteiger charge is -1.95. The van der Waals surface area contributed by atoms with Crippen molar-refractivity contribution < 1.29 is 19.7 Å². The van der Waals surface area contributed by atoms with Gasteiger partial charge in [0.1, 0.15) is 6.29 Å². The first kappa shape index (κ1) is 29.5. The Morgan fingerprint density at radius 2 is 1.59 bits per heavy atom. The Kier molecular flexibility index (Phi) is 43.5. The number of nitrogens with two attached hydrogens (primary N) is 1. The average Bonchev–Trinajstić information content (AvgIpc) is 2.46. The van der Waals surface area contributed by atoms with Crippen LogP contribution in [0, 0.1) is 11.8 Å². The third kappa shape index (κ3) is 73.9. The first-order chi connectivity index (χ1) is 10.4. The second-order valence-electron chi connectivity index (χ2n) is 5.56.